The van der Waals surface area contributed by atoms with Crippen LogP contribution in [0.2, 0.25) is 0 Å². The second-order valence-electron chi connectivity index (χ2n) is 5.47. The number of amides is 3. The molecule has 0 spiro atoms. The molecule has 1 aliphatic rings. The molecule has 0 saturated heterocycles. The number of halogens is 1. The van der Waals surface area contributed by atoms with Gasteiger partial charge in [0.05, 0.1) is 11.1 Å². The van der Waals surface area contributed by atoms with E-state index in [0.29, 0.717) is 17.5 Å². The maximum absolute atomic E-state index is 12.2. The highest BCUT2D eigenvalue weighted by Crippen LogP contribution is 2.22. The molecule has 0 fully saturated rings. The van der Waals surface area contributed by atoms with Gasteiger partial charge in [-0.05, 0) is 59.3 Å². The van der Waals surface area contributed by atoms with Crippen molar-refractivity contribution in [1.82, 2.24) is 4.90 Å². The smallest absolute Gasteiger partial charge is 0.261 e. The highest BCUT2D eigenvalue weighted by molar-refractivity contribution is 14.1. The zero-order valence-electron chi connectivity index (χ0n) is 12.8. The van der Waals surface area contributed by atoms with E-state index in [4.69, 9.17) is 0 Å². The average Bonchev–Trinajstić information content (AvgIpc) is 2.80. The Morgan fingerprint density at radius 1 is 1.00 bits per heavy atom. The third kappa shape index (κ3) is 3.48. The van der Waals surface area contributed by atoms with Crippen LogP contribution in [-0.2, 0) is 4.79 Å². The number of rotatable bonds is 5. The van der Waals surface area contributed by atoms with E-state index in [0.717, 1.165) is 9.26 Å². The number of nitrogens with one attached hydrogen (secondary N) is 1. The molecule has 1 aliphatic heterocycles. The summed E-state index contributed by atoms with van der Waals surface area (Å²) in [5.74, 6) is -0.698. The van der Waals surface area contributed by atoms with Gasteiger partial charge in [-0.3, -0.25) is 19.3 Å². The van der Waals surface area contributed by atoms with Crippen LogP contribution in [0, 0.1) is 3.57 Å². The number of carbonyl (C=O) groups is 3. The highest BCUT2D eigenvalue weighted by Gasteiger charge is 2.34. The molecule has 2 aromatic rings. The molecule has 0 aliphatic carbocycles. The Kier molecular flexibility index (Phi) is 4.94. The van der Waals surface area contributed by atoms with E-state index >= 15 is 0 Å². The lowest BCUT2D eigenvalue weighted by Crippen LogP contribution is -2.31. The fourth-order valence-corrected chi connectivity index (χ4v) is 3.17. The maximum Gasteiger partial charge on any atom is 0.261 e. The number of imide groups is 1. The van der Waals surface area contributed by atoms with Crippen LogP contribution in [0.25, 0.3) is 0 Å². The number of hydrogen-bond acceptors (Lipinski definition) is 3. The van der Waals surface area contributed by atoms with Gasteiger partial charge >= 0.3 is 0 Å². The van der Waals surface area contributed by atoms with E-state index in [2.05, 4.69) is 27.9 Å². The molecule has 3 amide bonds. The molecule has 1 heterocycles. The summed E-state index contributed by atoms with van der Waals surface area (Å²) < 4.78 is 1.04. The third-order valence-electron chi connectivity index (χ3n) is 3.77. The minimum absolute atomic E-state index is 0.131. The summed E-state index contributed by atoms with van der Waals surface area (Å²) in [6, 6.07) is 14.3. The minimum atomic E-state index is -0.284. The summed E-state index contributed by atoms with van der Waals surface area (Å²) >= 11 is 2.18. The van der Waals surface area contributed by atoms with Crippen molar-refractivity contribution >= 4 is 46.0 Å². The number of benzene rings is 2. The van der Waals surface area contributed by atoms with Crippen molar-refractivity contribution in [1.29, 1.82) is 0 Å². The molecule has 0 aromatic heterocycles. The Labute approximate surface area is 153 Å². The van der Waals surface area contributed by atoms with Gasteiger partial charge in [0.15, 0.2) is 0 Å². The van der Waals surface area contributed by atoms with Crippen molar-refractivity contribution in [2.75, 3.05) is 11.9 Å². The van der Waals surface area contributed by atoms with Crippen molar-refractivity contribution in [3.63, 3.8) is 0 Å². The largest absolute Gasteiger partial charge is 0.326 e. The van der Waals surface area contributed by atoms with Gasteiger partial charge in [-0.25, -0.2) is 0 Å². The van der Waals surface area contributed by atoms with E-state index in [9.17, 15) is 14.4 Å². The monoisotopic (exact) mass is 434 g/mol. The SMILES string of the molecule is O=C(CCCN1C(=O)c2ccccc2C1=O)Nc1cccc(I)c1. The van der Waals surface area contributed by atoms with Gasteiger partial charge in [0.25, 0.3) is 11.8 Å². The van der Waals surface area contributed by atoms with Gasteiger partial charge in [0, 0.05) is 22.2 Å². The van der Waals surface area contributed by atoms with Gasteiger partial charge < -0.3 is 5.32 Å². The lowest BCUT2D eigenvalue weighted by atomic mass is 10.1. The van der Waals surface area contributed by atoms with E-state index < -0.39 is 0 Å². The van der Waals surface area contributed by atoms with Crippen molar-refractivity contribution in [3.05, 3.63) is 63.2 Å². The Balaban J connectivity index is 1.53. The van der Waals surface area contributed by atoms with Gasteiger partial charge in [-0.2, -0.15) is 0 Å². The molecule has 3 rings (SSSR count). The standard InChI is InChI=1S/C18H15IN2O3/c19-12-5-3-6-13(11-12)20-16(22)9-4-10-21-17(23)14-7-1-2-8-15(14)18(21)24/h1-3,5-8,11H,4,9-10H2,(H,20,22). The van der Waals surface area contributed by atoms with Crippen LogP contribution in [-0.4, -0.2) is 29.2 Å². The minimum Gasteiger partial charge on any atom is -0.326 e. The third-order valence-corrected chi connectivity index (χ3v) is 4.44. The quantitative estimate of drug-likeness (QED) is 0.580. The Hall–Kier alpha value is -2.22. The van der Waals surface area contributed by atoms with Crippen LogP contribution in [0.1, 0.15) is 33.6 Å². The molecule has 24 heavy (non-hydrogen) atoms. The molecule has 2 aromatic carbocycles. The molecule has 0 radical (unpaired) electrons. The zero-order valence-corrected chi connectivity index (χ0v) is 14.9. The fraction of sp³-hybridized carbons (Fsp3) is 0.167. The van der Waals surface area contributed by atoms with Crippen LogP contribution < -0.4 is 5.32 Å². The summed E-state index contributed by atoms with van der Waals surface area (Å²) in [6.45, 7) is 0.242. The summed E-state index contributed by atoms with van der Waals surface area (Å²) in [4.78, 5) is 37.6. The summed E-state index contributed by atoms with van der Waals surface area (Å²) in [6.07, 6.45) is 0.681. The van der Waals surface area contributed by atoms with Crippen LogP contribution >= 0.6 is 22.6 Å². The molecule has 0 unspecified atom stereocenters. The molecule has 1 N–H and O–H groups in total. The topological polar surface area (TPSA) is 66.5 Å². The van der Waals surface area contributed by atoms with Gasteiger partial charge in [0.2, 0.25) is 5.91 Å². The lowest BCUT2D eigenvalue weighted by Gasteiger charge is -2.13. The molecule has 5 nitrogen and oxygen atoms in total. The predicted molar refractivity (Wildman–Crippen MR) is 98.8 cm³/mol. The van der Waals surface area contributed by atoms with Crippen LogP contribution in [0.5, 0.6) is 0 Å². The first-order valence-electron chi connectivity index (χ1n) is 7.57. The molecule has 0 saturated carbocycles. The van der Waals surface area contributed by atoms with E-state index in [1.54, 1.807) is 24.3 Å². The molecule has 6 heteroatoms. The van der Waals surface area contributed by atoms with E-state index in [1.807, 2.05) is 24.3 Å². The molecular weight excluding hydrogens is 419 g/mol. The van der Waals surface area contributed by atoms with E-state index in [-0.39, 0.29) is 30.7 Å². The summed E-state index contributed by atoms with van der Waals surface area (Å²) in [7, 11) is 0. The normalized spacial score (nSPS) is 13.1. The number of carbonyl (C=O) groups excluding carboxylic acids is 3. The summed E-state index contributed by atoms with van der Waals surface area (Å²) in [5.41, 5.74) is 1.62. The van der Waals surface area contributed by atoms with Crippen LogP contribution in [0.3, 0.4) is 0 Å². The Morgan fingerprint density at radius 3 is 2.29 bits per heavy atom. The Morgan fingerprint density at radius 2 is 1.67 bits per heavy atom. The highest BCUT2D eigenvalue weighted by atomic mass is 127. The van der Waals surface area contributed by atoms with Crippen molar-refractivity contribution in [2.24, 2.45) is 0 Å². The number of hydrogen-bond donors (Lipinski definition) is 1. The second-order valence-corrected chi connectivity index (χ2v) is 6.72. The maximum atomic E-state index is 12.2. The molecule has 122 valence electrons. The molecular formula is C18H15IN2O3. The summed E-state index contributed by atoms with van der Waals surface area (Å²) in [5, 5.41) is 2.82. The fourth-order valence-electron chi connectivity index (χ4n) is 2.63. The van der Waals surface area contributed by atoms with Crippen LogP contribution in [0.4, 0.5) is 5.69 Å². The van der Waals surface area contributed by atoms with Gasteiger partial charge in [-0.1, -0.05) is 18.2 Å². The Bertz CT molecular complexity index is 784. The second kappa shape index (κ2) is 7.12. The van der Waals surface area contributed by atoms with Gasteiger partial charge in [-0.15, -0.1) is 0 Å². The van der Waals surface area contributed by atoms with Crippen molar-refractivity contribution < 1.29 is 14.4 Å². The molecule has 0 bridgehead atoms. The molecule has 0 atom stereocenters. The van der Waals surface area contributed by atoms with E-state index in [1.165, 1.54) is 4.90 Å². The number of anilines is 1. The zero-order chi connectivity index (χ0) is 17.1. The van der Waals surface area contributed by atoms with Crippen LogP contribution in [0.15, 0.2) is 48.5 Å². The average molecular weight is 434 g/mol. The first-order valence-corrected chi connectivity index (χ1v) is 8.65. The first kappa shape index (κ1) is 16.6. The lowest BCUT2D eigenvalue weighted by molar-refractivity contribution is -0.116. The van der Waals surface area contributed by atoms with Gasteiger partial charge in [0.1, 0.15) is 0 Å². The predicted octanol–water partition coefficient (Wildman–Crippen LogP) is 3.31. The first-order chi connectivity index (χ1) is 11.6. The van der Waals surface area contributed by atoms with Crippen molar-refractivity contribution in [2.45, 2.75) is 12.8 Å². The van der Waals surface area contributed by atoms with Crippen molar-refractivity contribution in [3.8, 4) is 0 Å². The number of nitrogens with zero attached hydrogens (tertiary/aromatic N) is 1. The number of fused-ring (bicyclic) bond motifs is 1.